The molecule has 0 radical (unpaired) electrons. The Hall–Kier alpha value is -0.500. The fourth-order valence-electron chi connectivity index (χ4n) is 2.15. The minimum absolute atomic E-state index is 0.707. The van der Waals surface area contributed by atoms with E-state index in [-0.39, 0.29) is 0 Å². The second kappa shape index (κ2) is 3.33. The van der Waals surface area contributed by atoms with Crippen molar-refractivity contribution in [2.24, 2.45) is 5.92 Å². The van der Waals surface area contributed by atoms with E-state index in [1.165, 1.54) is 19.3 Å². The van der Waals surface area contributed by atoms with Crippen LogP contribution in [0, 0.1) is 5.92 Å². The number of aliphatic hydroxyl groups is 1. The molecule has 0 aromatic carbocycles. The van der Waals surface area contributed by atoms with Gasteiger partial charge in [-0.15, -0.1) is 0 Å². The van der Waals surface area contributed by atoms with Crippen molar-refractivity contribution in [2.45, 2.75) is 44.6 Å². The molecule has 1 unspecified atom stereocenters. The van der Waals surface area contributed by atoms with Gasteiger partial charge >= 0.3 is 0 Å². The predicted molar refractivity (Wildman–Crippen MR) is 51.2 cm³/mol. The van der Waals surface area contributed by atoms with Crippen molar-refractivity contribution in [1.82, 2.24) is 0 Å². The lowest BCUT2D eigenvalue weighted by Crippen LogP contribution is -2.32. The molecule has 1 aliphatic heterocycles. The first-order chi connectivity index (χ1) is 6.18. The summed E-state index contributed by atoms with van der Waals surface area (Å²) in [6.45, 7) is 2.62. The Morgan fingerprint density at radius 1 is 1.62 bits per heavy atom. The number of hydrogen-bond acceptors (Lipinski definition) is 2. The summed E-state index contributed by atoms with van der Waals surface area (Å²) < 4.78 is 5.40. The summed E-state index contributed by atoms with van der Waals surface area (Å²) in [6, 6.07) is 0. The number of ether oxygens (including phenoxy) is 1. The highest BCUT2D eigenvalue weighted by atomic mass is 16.5. The molecule has 1 saturated carbocycles. The van der Waals surface area contributed by atoms with Crippen LogP contribution >= 0.6 is 0 Å². The Kier molecular flexibility index (Phi) is 2.33. The van der Waals surface area contributed by atoms with E-state index in [2.05, 4.69) is 0 Å². The molecule has 0 saturated heterocycles. The lowest BCUT2D eigenvalue weighted by molar-refractivity contribution is 0.00437. The average Bonchev–Trinajstić information content (AvgIpc) is 2.49. The molecule has 1 fully saturated rings. The number of rotatable bonds is 3. The smallest absolute Gasteiger partial charge is 0.123 e. The molecule has 0 aromatic heterocycles. The molecule has 1 N–H and O–H groups in total. The van der Waals surface area contributed by atoms with Gasteiger partial charge < -0.3 is 9.84 Å². The fraction of sp³-hybridized carbons (Fsp3) is 0.818. The van der Waals surface area contributed by atoms with Crippen molar-refractivity contribution in [3.63, 3.8) is 0 Å². The molecule has 0 amide bonds. The molecule has 2 rings (SSSR count). The summed E-state index contributed by atoms with van der Waals surface area (Å²) in [5.41, 5.74) is -0.707. The van der Waals surface area contributed by atoms with E-state index < -0.39 is 5.60 Å². The maximum absolute atomic E-state index is 10.2. The number of hydrogen-bond donors (Lipinski definition) is 1. The highest BCUT2D eigenvalue weighted by molar-refractivity contribution is 5.11. The van der Waals surface area contributed by atoms with Crippen LogP contribution in [0.15, 0.2) is 11.8 Å². The van der Waals surface area contributed by atoms with E-state index in [4.69, 9.17) is 4.74 Å². The zero-order chi connectivity index (χ0) is 9.31. The molecule has 1 atom stereocenters. The van der Waals surface area contributed by atoms with Crippen LogP contribution in [-0.2, 0) is 4.74 Å². The van der Waals surface area contributed by atoms with Gasteiger partial charge in [0.05, 0.1) is 6.61 Å². The molecule has 2 heteroatoms. The summed E-state index contributed by atoms with van der Waals surface area (Å²) in [6.07, 6.45) is 7.75. The van der Waals surface area contributed by atoms with E-state index in [9.17, 15) is 5.11 Å². The maximum atomic E-state index is 10.2. The quantitative estimate of drug-likeness (QED) is 0.725. The van der Waals surface area contributed by atoms with E-state index in [0.29, 0.717) is 0 Å². The van der Waals surface area contributed by atoms with Gasteiger partial charge in [0.1, 0.15) is 11.4 Å². The van der Waals surface area contributed by atoms with Crippen LogP contribution in [0.4, 0.5) is 0 Å². The van der Waals surface area contributed by atoms with Gasteiger partial charge in [-0.25, -0.2) is 0 Å². The van der Waals surface area contributed by atoms with Crippen molar-refractivity contribution in [1.29, 1.82) is 0 Å². The van der Waals surface area contributed by atoms with Gasteiger partial charge in [-0.1, -0.05) is 19.3 Å². The minimum Gasteiger partial charge on any atom is -0.495 e. The zero-order valence-corrected chi connectivity index (χ0v) is 8.25. The first kappa shape index (κ1) is 9.07. The van der Waals surface area contributed by atoms with E-state index >= 15 is 0 Å². The Morgan fingerprint density at radius 3 is 2.85 bits per heavy atom. The van der Waals surface area contributed by atoms with Gasteiger partial charge in [0.25, 0.3) is 0 Å². The monoisotopic (exact) mass is 182 g/mol. The van der Waals surface area contributed by atoms with Crippen LogP contribution in [0.2, 0.25) is 0 Å². The third kappa shape index (κ3) is 1.88. The van der Waals surface area contributed by atoms with Crippen molar-refractivity contribution < 1.29 is 9.84 Å². The molecule has 0 aromatic rings. The minimum atomic E-state index is -0.707. The zero-order valence-electron chi connectivity index (χ0n) is 8.25. The highest BCUT2D eigenvalue weighted by Crippen LogP contribution is 2.37. The van der Waals surface area contributed by atoms with E-state index in [0.717, 1.165) is 31.1 Å². The van der Waals surface area contributed by atoms with Crippen LogP contribution in [0.3, 0.4) is 0 Å². The molecule has 1 aliphatic carbocycles. The summed E-state index contributed by atoms with van der Waals surface area (Å²) in [5, 5.41) is 10.2. The average molecular weight is 182 g/mol. The van der Waals surface area contributed by atoms with Gasteiger partial charge in [0.15, 0.2) is 0 Å². The molecule has 2 nitrogen and oxygen atoms in total. The van der Waals surface area contributed by atoms with Crippen LogP contribution in [0.25, 0.3) is 0 Å². The van der Waals surface area contributed by atoms with Crippen molar-refractivity contribution in [3.05, 3.63) is 11.8 Å². The lowest BCUT2D eigenvalue weighted by Gasteiger charge is -2.33. The van der Waals surface area contributed by atoms with Gasteiger partial charge in [0, 0.05) is 6.42 Å². The molecule has 0 bridgehead atoms. The van der Waals surface area contributed by atoms with Gasteiger partial charge in [-0.3, -0.25) is 0 Å². The topological polar surface area (TPSA) is 29.5 Å². The van der Waals surface area contributed by atoms with Crippen molar-refractivity contribution >= 4 is 0 Å². The third-order valence-electron chi connectivity index (χ3n) is 3.15. The van der Waals surface area contributed by atoms with E-state index in [1.54, 1.807) is 0 Å². The van der Waals surface area contributed by atoms with Crippen LogP contribution < -0.4 is 0 Å². The predicted octanol–water partition coefficient (Wildman–Crippen LogP) is 2.23. The maximum Gasteiger partial charge on any atom is 0.123 e. The SMILES string of the molecule is CC(O)(CC1CCC1)C1=CCCO1. The molecule has 1 heterocycles. The standard InChI is InChI=1S/C11H18O2/c1-11(12,8-9-4-2-5-9)10-6-3-7-13-10/h6,9,12H,2-5,7-8H2,1H3. The first-order valence-corrected chi connectivity index (χ1v) is 5.24. The molecular formula is C11H18O2. The van der Waals surface area contributed by atoms with Crippen LogP contribution in [0.1, 0.15) is 39.0 Å². The van der Waals surface area contributed by atoms with Crippen molar-refractivity contribution in [3.8, 4) is 0 Å². The van der Waals surface area contributed by atoms with Gasteiger partial charge in [-0.05, 0) is 25.3 Å². The Bertz CT molecular complexity index is 214. The molecular weight excluding hydrogens is 164 g/mol. The Labute approximate surface area is 79.6 Å². The second-order valence-electron chi connectivity index (χ2n) is 4.48. The molecule has 74 valence electrons. The molecule has 2 aliphatic rings. The summed E-state index contributed by atoms with van der Waals surface area (Å²) >= 11 is 0. The lowest BCUT2D eigenvalue weighted by atomic mass is 9.77. The summed E-state index contributed by atoms with van der Waals surface area (Å²) in [7, 11) is 0. The normalized spacial score (nSPS) is 27.4. The summed E-state index contributed by atoms with van der Waals surface area (Å²) in [4.78, 5) is 0. The third-order valence-corrected chi connectivity index (χ3v) is 3.15. The van der Waals surface area contributed by atoms with Gasteiger partial charge in [-0.2, -0.15) is 0 Å². The molecule has 13 heavy (non-hydrogen) atoms. The van der Waals surface area contributed by atoms with Gasteiger partial charge in [0.2, 0.25) is 0 Å². The Balaban J connectivity index is 1.93. The van der Waals surface area contributed by atoms with Crippen molar-refractivity contribution in [2.75, 3.05) is 6.61 Å². The van der Waals surface area contributed by atoms with E-state index in [1.807, 2.05) is 13.0 Å². The first-order valence-electron chi connectivity index (χ1n) is 5.24. The Morgan fingerprint density at radius 2 is 2.38 bits per heavy atom. The van der Waals surface area contributed by atoms with Crippen LogP contribution in [-0.4, -0.2) is 17.3 Å². The second-order valence-corrected chi connectivity index (χ2v) is 4.48. The van der Waals surface area contributed by atoms with Crippen LogP contribution in [0.5, 0.6) is 0 Å². The highest BCUT2D eigenvalue weighted by Gasteiger charge is 2.34. The summed E-state index contributed by atoms with van der Waals surface area (Å²) in [5.74, 6) is 1.53. The molecule has 0 spiro atoms. The largest absolute Gasteiger partial charge is 0.495 e. The fourth-order valence-corrected chi connectivity index (χ4v) is 2.15.